The van der Waals surface area contributed by atoms with Crippen LogP contribution in [-0.2, 0) is 14.4 Å². The topological polar surface area (TPSA) is 71.4 Å². The summed E-state index contributed by atoms with van der Waals surface area (Å²) in [6.07, 6.45) is 13.8. The molecule has 0 aromatic carbocycles. The van der Waals surface area contributed by atoms with E-state index in [2.05, 4.69) is 0 Å². The largest absolute Gasteiger partial charge is 0.481 e. The van der Waals surface area contributed by atoms with E-state index in [1.807, 2.05) is 0 Å². The van der Waals surface area contributed by atoms with Gasteiger partial charge in [0, 0.05) is 6.42 Å². The van der Waals surface area contributed by atoms with E-state index in [0.717, 1.165) is 0 Å². The minimum Gasteiger partial charge on any atom is -0.481 e. The highest BCUT2D eigenvalue weighted by molar-refractivity contribution is 6.11. The summed E-state index contributed by atoms with van der Waals surface area (Å²) < 4.78 is 0. The van der Waals surface area contributed by atoms with E-state index in [4.69, 9.17) is 5.11 Å². The SMILES string of the molecule is CC(CCC(=O)O)(C(=O)C1C=CC=C1)C(=O)C1C=CC=C1. The quantitative estimate of drug-likeness (QED) is 0.730. The lowest BCUT2D eigenvalue weighted by atomic mass is 9.70. The van der Waals surface area contributed by atoms with E-state index in [0.29, 0.717) is 0 Å². The summed E-state index contributed by atoms with van der Waals surface area (Å²) in [6.45, 7) is 1.57. The van der Waals surface area contributed by atoms with Crippen LogP contribution in [0.25, 0.3) is 0 Å². The highest BCUT2D eigenvalue weighted by atomic mass is 16.4. The van der Waals surface area contributed by atoms with E-state index >= 15 is 0 Å². The van der Waals surface area contributed by atoms with Crippen molar-refractivity contribution in [2.75, 3.05) is 0 Å². The van der Waals surface area contributed by atoms with Gasteiger partial charge in [0.25, 0.3) is 0 Å². The molecule has 2 rings (SSSR count). The lowest BCUT2D eigenvalue weighted by molar-refractivity contribution is -0.143. The zero-order valence-corrected chi connectivity index (χ0v) is 11.9. The van der Waals surface area contributed by atoms with Gasteiger partial charge < -0.3 is 5.11 Å². The molecule has 0 radical (unpaired) electrons. The van der Waals surface area contributed by atoms with Gasteiger partial charge in [0.05, 0.1) is 17.3 Å². The molecule has 0 fully saturated rings. The van der Waals surface area contributed by atoms with Crippen LogP contribution in [0.4, 0.5) is 0 Å². The molecule has 0 atom stereocenters. The summed E-state index contributed by atoms with van der Waals surface area (Å²) in [5, 5.41) is 8.89. The number of carbonyl (C=O) groups excluding carboxylic acids is 2. The van der Waals surface area contributed by atoms with Gasteiger partial charge in [0.1, 0.15) is 0 Å². The molecule has 0 spiro atoms. The Labute approximate surface area is 123 Å². The van der Waals surface area contributed by atoms with Crippen molar-refractivity contribution in [3.63, 3.8) is 0 Å². The van der Waals surface area contributed by atoms with Crippen LogP contribution in [0.15, 0.2) is 48.6 Å². The molecule has 4 nitrogen and oxygen atoms in total. The number of rotatable bonds is 7. The van der Waals surface area contributed by atoms with Gasteiger partial charge in [0.2, 0.25) is 0 Å². The van der Waals surface area contributed by atoms with Gasteiger partial charge in [0.15, 0.2) is 11.6 Å². The molecular weight excluding hydrogens is 268 g/mol. The van der Waals surface area contributed by atoms with Crippen molar-refractivity contribution in [3.05, 3.63) is 48.6 Å². The number of carboxylic acid groups (broad SMARTS) is 1. The molecule has 0 bridgehead atoms. The first-order valence-corrected chi connectivity index (χ1v) is 6.95. The summed E-state index contributed by atoms with van der Waals surface area (Å²) in [6, 6.07) is 0. The Morgan fingerprint density at radius 1 is 0.905 bits per heavy atom. The second-order valence-corrected chi connectivity index (χ2v) is 5.55. The Kier molecular flexibility index (Phi) is 4.36. The average molecular weight is 286 g/mol. The molecule has 0 aliphatic heterocycles. The lowest BCUT2D eigenvalue weighted by Crippen LogP contribution is -2.42. The average Bonchev–Trinajstić information content (AvgIpc) is 3.14. The summed E-state index contributed by atoms with van der Waals surface area (Å²) in [7, 11) is 0. The maximum absolute atomic E-state index is 12.7. The van der Waals surface area contributed by atoms with Crippen molar-refractivity contribution in [1.82, 2.24) is 0 Å². The number of aliphatic carboxylic acids is 1. The molecule has 2 aliphatic rings. The fourth-order valence-corrected chi connectivity index (χ4v) is 2.67. The monoisotopic (exact) mass is 286 g/mol. The molecular formula is C17H18O4. The number of carbonyl (C=O) groups is 3. The highest BCUT2D eigenvalue weighted by Gasteiger charge is 2.45. The third-order valence-corrected chi connectivity index (χ3v) is 4.03. The first-order chi connectivity index (χ1) is 9.95. The van der Waals surface area contributed by atoms with Gasteiger partial charge >= 0.3 is 5.97 Å². The minimum atomic E-state index is -1.29. The standard InChI is InChI=1S/C17H18O4/c1-17(11-10-14(18)19,15(20)12-6-2-3-7-12)16(21)13-8-4-5-9-13/h2-9,12-13H,10-11H2,1H3,(H,18,19). The Morgan fingerprint density at radius 2 is 1.29 bits per heavy atom. The van der Waals surface area contributed by atoms with Gasteiger partial charge in [-0.15, -0.1) is 0 Å². The molecule has 110 valence electrons. The van der Waals surface area contributed by atoms with Crippen LogP contribution in [0.5, 0.6) is 0 Å². The summed E-state index contributed by atoms with van der Waals surface area (Å²) in [4.78, 5) is 36.3. The Balaban J connectivity index is 2.26. The summed E-state index contributed by atoms with van der Waals surface area (Å²) in [5.41, 5.74) is -1.29. The van der Waals surface area contributed by atoms with E-state index in [9.17, 15) is 14.4 Å². The van der Waals surface area contributed by atoms with Crippen molar-refractivity contribution in [1.29, 1.82) is 0 Å². The molecule has 0 unspecified atom stereocenters. The maximum atomic E-state index is 12.7. The van der Waals surface area contributed by atoms with Gasteiger partial charge in [-0.3, -0.25) is 14.4 Å². The molecule has 1 N–H and O–H groups in total. The Morgan fingerprint density at radius 3 is 1.62 bits per heavy atom. The van der Waals surface area contributed by atoms with Crippen LogP contribution in [0.2, 0.25) is 0 Å². The Hall–Kier alpha value is -2.23. The predicted molar refractivity (Wildman–Crippen MR) is 78.5 cm³/mol. The fourth-order valence-electron chi connectivity index (χ4n) is 2.67. The van der Waals surface area contributed by atoms with Crippen molar-refractivity contribution in [2.45, 2.75) is 19.8 Å². The number of hydrogen-bond acceptors (Lipinski definition) is 3. The van der Waals surface area contributed by atoms with Crippen LogP contribution in [0.1, 0.15) is 19.8 Å². The molecule has 2 aliphatic carbocycles. The fraction of sp³-hybridized carbons (Fsp3) is 0.353. The van der Waals surface area contributed by atoms with E-state index < -0.39 is 23.2 Å². The first-order valence-electron chi connectivity index (χ1n) is 6.95. The van der Waals surface area contributed by atoms with Crippen LogP contribution in [0.3, 0.4) is 0 Å². The molecule has 0 saturated carbocycles. The number of carboxylic acids is 1. The molecule has 0 heterocycles. The van der Waals surface area contributed by atoms with Crippen LogP contribution in [-0.4, -0.2) is 22.6 Å². The van der Waals surface area contributed by atoms with Crippen LogP contribution >= 0.6 is 0 Å². The van der Waals surface area contributed by atoms with Crippen molar-refractivity contribution < 1.29 is 19.5 Å². The Bertz CT molecular complexity index is 514. The van der Waals surface area contributed by atoms with Gasteiger partial charge in [-0.25, -0.2) is 0 Å². The zero-order valence-electron chi connectivity index (χ0n) is 11.9. The number of Topliss-reactive ketones (excluding diaryl/α,β-unsaturated/α-hetero) is 2. The second-order valence-electron chi connectivity index (χ2n) is 5.55. The molecule has 0 aromatic rings. The van der Waals surface area contributed by atoms with E-state index in [1.54, 1.807) is 55.5 Å². The molecule has 21 heavy (non-hydrogen) atoms. The van der Waals surface area contributed by atoms with Crippen LogP contribution < -0.4 is 0 Å². The van der Waals surface area contributed by atoms with Gasteiger partial charge in [-0.2, -0.15) is 0 Å². The number of ketones is 2. The van der Waals surface area contributed by atoms with Crippen LogP contribution in [0, 0.1) is 17.3 Å². The molecule has 0 aromatic heterocycles. The van der Waals surface area contributed by atoms with E-state index in [-0.39, 0.29) is 24.4 Å². The van der Waals surface area contributed by atoms with Crippen molar-refractivity contribution in [2.24, 2.45) is 17.3 Å². The summed E-state index contributed by atoms with van der Waals surface area (Å²) in [5.74, 6) is -2.35. The second kappa shape index (κ2) is 6.04. The maximum Gasteiger partial charge on any atom is 0.303 e. The third kappa shape index (κ3) is 3.10. The molecule has 0 amide bonds. The van der Waals surface area contributed by atoms with Gasteiger partial charge in [-0.1, -0.05) is 48.6 Å². The van der Waals surface area contributed by atoms with E-state index in [1.165, 1.54) is 0 Å². The predicted octanol–water partition coefficient (Wildman–Crippen LogP) is 2.48. The molecule has 0 saturated heterocycles. The highest BCUT2D eigenvalue weighted by Crippen LogP contribution is 2.35. The third-order valence-electron chi connectivity index (χ3n) is 4.03. The summed E-state index contributed by atoms with van der Waals surface area (Å²) >= 11 is 0. The van der Waals surface area contributed by atoms with Crippen molar-refractivity contribution in [3.8, 4) is 0 Å². The van der Waals surface area contributed by atoms with Gasteiger partial charge in [-0.05, 0) is 13.3 Å². The smallest absolute Gasteiger partial charge is 0.303 e. The zero-order chi connectivity index (χ0) is 15.5. The first kappa shape index (κ1) is 15.2. The molecule has 4 heteroatoms. The lowest BCUT2D eigenvalue weighted by Gasteiger charge is -2.29. The van der Waals surface area contributed by atoms with Crippen molar-refractivity contribution >= 4 is 17.5 Å². The normalized spacial score (nSPS) is 17.8. The number of hydrogen-bond donors (Lipinski definition) is 1. The minimum absolute atomic E-state index is 0.0242. The number of allylic oxidation sites excluding steroid dienone is 8.